The van der Waals surface area contributed by atoms with Crippen molar-refractivity contribution in [3.8, 4) is 5.75 Å². The predicted octanol–water partition coefficient (Wildman–Crippen LogP) is 2.02. The van der Waals surface area contributed by atoms with Crippen LogP contribution in [0, 0.1) is 19.8 Å². The Labute approximate surface area is 164 Å². The highest BCUT2D eigenvalue weighted by atomic mass is 32.2. The van der Waals surface area contributed by atoms with Crippen molar-refractivity contribution < 1.29 is 22.5 Å². The molecule has 1 fully saturated rings. The maximum atomic E-state index is 13.0. The molecule has 28 heavy (non-hydrogen) atoms. The molecule has 0 spiro atoms. The largest absolute Gasteiger partial charge is 0.496 e. The number of nitrogens with one attached hydrogen (secondary N) is 1. The van der Waals surface area contributed by atoms with Gasteiger partial charge in [-0.25, -0.2) is 8.42 Å². The summed E-state index contributed by atoms with van der Waals surface area (Å²) in [5, 5.41) is 6.64. The van der Waals surface area contributed by atoms with Crippen molar-refractivity contribution in [2.45, 2.75) is 38.1 Å². The molecule has 152 valence electrons. The van der Waals surface area contributed by atoms with Crippen LogP contribution in [-0.2, 0) is 21.4 Å². The number of ether oxygens (including phenoxy) is 1. The zero-order valence-corrected chi connectivity index (χ0v) is 17.1. The van der Waals surface area contributed by atoms with E-state index in [1.165, 1.54) is 4.31 Å². The Morgan fingerprint density at radius 2 is 2.11 bits per heavy atom. The number of amides is 1. The van der Waals surface area contributed by atoms with Crippen LogP contribution in [0.15, 0.2) is 33.7 Å². The number of para-hydroxylation sites is 1. The summed E-state index contributed by atoms with van der Waals surface area (Å²) < 4.78 is 37.7. The number of hydrogen-bond donors (Lipinski definition) is 1. The Kier molecular flexibility index (Phi) is 6.04. The molecule has 9 heteroatoms. The summed E-state index contributed by atoms with van der Waals surface area (Å²) in [7, 11) is -2.16. The number of benzene rings is 1. The molecule has 1 saturated heterocycles. The maximum Gasteiger partial charge on any atom is 0.248 e. The fourth-order valence-electron chi connectivity index (χ4n) is 3.52. The van der Waals surface area contributed by atoms with Gasteiger partial charge in [-0.1, -0.05) is 23.4 Å². The first kappa shape index (κ1) is 20.3. The molecular formula is C19H25N3O5S. The van der Waals surface area contributed by atoms with E-state index in [1.54, 1.807) is 21.0 Å². The van der Waals surface area contributed by atoms with E-state index in [4.69, 9.17) is 9.26 Å². The molecule has 0 saturated carbocycles. The van der Waals surface area contributed by atoms with E-state index in [2.05, 4.69) is 10.5 Å². The number of aryl methyl sites for hydroxylation is 2. The van der Waals surface area contributed by atoms with Crippen molar-refractivity contribution in [1.82, 2.24) is 14.8 Å². The third-order valence-electron chi connectivity index (χ3n) is 4.97. The molecule has 0 unspecified atom stereocenters. The van der Waals surface area contributed by atoms with Crippen molar-refractivity contribution in [2.75, 3.05) is 20.2 Å². The highest BCUT2D eigenvalue weighted by Crippen LogP contribution is 2.28. The smallest absolute Gasteiger partial charge is 0.248 e. The van der Waals surface area contributed by atoms with Crippen LogP contribution in [0.3, 0.4) is 0 Å². The zero-order chi connectivity index (χ0) is 20.3. The van der Waals surface area contributed by atoms with E-state index >= 15 is 0 Å². The number of rotatable bonds is 6. The SMILES string of the molecule is COc1ccccc1CNC(=O)[C@H]1CCCN(S(=O)(=O)c2c(C)noc2C)C1. The second kappa shape index (κ2) is 8.32. The number of carbonyl (C=O) groups is 1. The van der Waals surface area contributed by atoms with Gasteiger partial charge in [0.15, 0.2) is 5.76 Å². The van der Waals surface area contributed by atoms with Gasteiger partial charge in [-0.05, 0) is 32.8 Å². The third kappa shape index (κ3) is 4.05. The van der Waals surface area contributed by atoms with Gasteiger partial charge in [0.2, 0.25) is 15.9 Å². The summed E-state index contributed by atoms with van der Waals surface area (Å²) >= 11 is 0. The van der Waals surface area contributed by atoms with E-state index in [0.29, 0.717) is 37.4 Å². The number of hydrogen-bond acceptors (Lipinski definition) is 6. The molecule has 1 aliphatic heterocycles. The van der Waals surface area contributed by atoms with Crippen LogP contribution in [0.5, 0.6) is 5.75 Å². The summed E-state index contributed by atoms with van der Waals surface area (Å²) in [6.07, 6.45) is 1.26. The predicted molar refractivity (Wildman–Crippen MR) is 102 cm³/mol. The van der Waals surface area contributed by atoms with E-state index in [-0.39, 0.29) is 23.1 Å². The number of aromatic nitrogens is 1. The second-order valence-electron chi connectivity index (χ2n) is 6.89. The van der Waals surface area contributed by atoms with E-state index in [9.17, 15) is 13.2 Å². The van der Waals surface area contributed by atoms with E-state index in [1.807, 2.05) is 24.3 Å². The average molecular weight is 407 g/mol. The van der Waals surface area contributed by atoms with Crippen LogP contribution in [0.25, 0.3) is 0 Å². The first-order chi connectivity index (χ1) is 13.3. The lowest BCUT2D eigenvalue weighted by atomic mass is 9.98. The fourth-order valence-corrected chi connectivity index (χ4v) is 5.34. The second-order valence-corrected chi connectivity index (χ2v) is 8.76. The quantitative estimate of drug-likeness (QED) is 0.786. The normalized spacial score (nSPS) is 18.0. The van der Waals surface area contributed by atoms with Crippen molar-refractivity contribution in [2.24, 2.45) is 5.92 Å². The topological polar surface area (TPSA) is 102 Å². The Bertz CT molecular complexity index is 935. The van der Waals surface area contributed by atoms with E-state index < -0.39 is 15.9 Å². The zero-order valence-electron chi connectivity index (χ0n) is 16.3. The molecule has 8 nitrogen and oxygen atoms in total. The van der Waals surface area contributed by atoms with Crippen LogP contribution in [0.4, 0.5) is 0 Å². The highest BCUT2D eigenvalue weighted by molar-refractivity contribution is 7.89. The molecule has 2 heterocycles. The average Bonchev–Trinajstić information content (AvgIpc) is 3.05. The Balaban J connectivity index is 1.68. The minimum atomic E-state index is -3.75. The van der Waals surface area contributed by atoms with Crippen LogP contribution in [0.1, 0.15) is 29.9 Å². The lowest BCUT2D eigenvalue weighted by Crippen LogP contribution is -2.45. The summed E-state index contributed by atoms with van der Waals surface area (Å²) in [5.74, 6) is 0.401. The third-order valence-corrected chi connectivity index (χ3v) is 7.08. The first-order valence-corrected chi connectivity index (χ1v) is 10.6. The Morgan fingerprint density at radius 1 is 1.36 bits per heavy atom. The van der Waals surface area contributed by atoms with Crippen LogP contribution in [0.2, 0.25) is 0 Å². The molecule has 1 N–H and O–H groups in total. The van der Waals surface area contributed by atoms with Gasteiger partial charge in [-0.2, -0.15) is 4.31 Å². The monoisotopic (exact) mass is 407 g/mol. The van der Waals surface area contributed by atoms with Crippen molar-refractivity contribution in [3.63, 3.8) is 0 Å². The number of piperidine rings is 1. The lowest BCUT2D eigenvalue weighted by molar-refractivity contribution is -0.126. The molecule has 0 radical (unpaired) electrons. The molecular weight excluding hydrogens is 382 g/mol. The van der Waals surface area contributed by atoms with Gasteiger partial charge in [0.1, 0.15) is 16.3 Å². The molecule has 1 aromatic heterocycles. The van der Waals surface area contributed by atoms with Gasteiger partial charge >= 0.3 is 0 Å². The van der Waals surface area contributed by atoms with Crippen LogP contribution in [-0.4, -0.2) is 44.0 Å². The molecule has 1 aromatic carbocycles. The minimum absolute atomic E-state index is 0.0996. The molecule has 3 rings (SSSR count). The molecule has 1 amide bonds. The maximum absolute atomic E-state index is 13.0. The van der Waals surface area contributed by atoms with Crippen LogP contribution < -0.4 is 10.1 Å². The summed E-state index contributed by atoms with van der Waals surface area (Å²) in [4.78, 5) is 12.8. The molecule has 1 aliphatic rings. The Hall–Kier alpha value is -2.39. The summed E-state index contributed by atoms with van der Waals surface area (Å²) in [5.41, 5.74) is 1.20. The number of carbonyl (C=O) groups excluding carboxylic acids is 1. The summed E-state index contributed by atoms with van der Waals surface area (Å²) in [6.45, 7) is 4.03. The number of methoxy groups -OCH3 is 1. The highest BCUT2D eigenvalue weighted by Gasteiger charge is 2.36. The van der Waals surface area contributed by atoms with Gasteiger partial charge in [0, 0.05) is 25.2 Å². The molecule has 0 bridgehead atoms. The Morgan fingerprint density at radius 3 is 2.79 bits per heavy atom. The van der Waals surface area contributed by atoms with Crippen molar-refractivity contribution >= 4 is 15.9 Å². The van der Waals surface area contributed by atoms with Crippen LogP contribution >= 0.6 is 0 Å². The van der Waals surface area contributed by atoms with Gasteiger partial charge in [0.25, 0.3) is 0 Å². The van der Waals surface area contributed by atoms with E-state index in [0.717, 1.165) is 5.56 Å². The van der Waals surface area contributed by atoms with Gasteiger partial charge < -0.3 is 14.6 Å². The minimum Gasteiger partial charge on any atom is -0.496 e. The summed E-state index contributed by atoms with van der Waals surface area (Å²) in [6, 6.07) is 7.46. The van der Waals surface area contributed by atoms with Crippen molar-refractivity contribution in [1.29, 1.82) is 0 Å². The molecule has 1 atom stereocenters. The lowest BCUT2D eigenvalue weighted by Gasteiger charge is -2.31. The standard InChI is InChI=1S/C19H25N3O5S/c1-13-18(14(2)27-21-13)28(24,25)22-10-6-8-16(12-22)19(23)20-11-15-7-4-5-9-17(15)26-3/h4-5,7,9,16H,6,8,10-12H2,1-3H3,(H,20,23)/t16-/m0/s1. The van der Waals surface area contributed by atoms with Gasteiger partial charge in [-0.3, -0.25) is 4.79 Å². The fraction of sp³-hybridized carbons (Fsp3) is 0.474. The number of sulfonamides is 1. The van der Waals surface area contributed by atoms with Gasteiger partial charge in [0.05, 0.1) is 13.0 Å². The van der Waals surface area contributed by atoms with Gasteiger partial charge in [-0.15, -0.1) is 0 Å². The molecule has 0 aliphatic carbocycles. The first-order valence-electron chi connectivity index (χ1n) is 9.17. The molecule has 2 aromatic rings. The number of nitrogens with zero attached hydrogens (tertiary/aromatic N) is 2. The van der Waals surface area contributed by atoms with Crippen molar-refractivity contribution in [3.05, 3.63) is 41.3 Å².